The Bertz CT molecular complexity index is 707. The number of aromatic nitrogens is 4. The minimum atomic E-state index is -0.443. The first-order valence-corrected chi connectivity index (χ1v) is 6.02. The number of anilines is 1. The number of rotatable bonds is 5. The van der Waals surface area contributed by atoms with E-state index in [-0.39, 0.29) is 0 Å². The lowest BCUT2D eigenvalue weighted by atomic mass is 10.4. The Morgan fingerprint density at radius 2 is 2.20 bits per heavy atom. The number of nitrogens with zero attached hydrogens (tertiary/aromatic N) is 3. The molecule has 0 aliphatic carbocycles. The van der Waals surface area contributed by atoms with Gasteiger partial charge < -0.3 is 10.1 Å². The zero-order chi connectivity index (χ0) is 14.5. The van der Waals surface area contributed by atoms with Crippen molar-refractivity contribution in [3.63, 3.8) is 0 Å². The van der Waals surface area contributed by atoms with Crippen molar-refractivity contribution in [1.82, 2.24) is 19.5 Å². The molecule has 0 bridgehead atoms. The van der Waals surface area contributed by atoms with Crippen LogP contribution in [0.5, 0.6) is 5.88 Å². The van der Waals surface area contributed by atoms with Gasteiger partial charge in [-0.05, 0) is 6.92 Å². The first-order chi connectivity index (χ1) is 9.58. The number of H-pyrrole nitrogens is 1. The summed E-state index contributed by atoms with van der Waals surface area (Å²) in [6.07, 6.45) is 1.44. The van der Waals surface area contributed by atoms with E-state index in [1.165, 1.54) is 23.9 Å². The molecule has 8 nitrogen and oxygen atoms in total. The number of hydrogen-bond donors (Lipinski definition) is 2. The molecule has 2 aromatic rings. The lowest BCUT2D eigenvalue weighted by Gasteiger charge is -2.08. The fourth-order valence-corrected chi connectivity index (χ4v) is 1.63. The maximum Gasteiger partial charge on any atom is 0.328 e. The maximum absolute atomic E-state index is 11.5. The first kappa shape index (κ1) is 13.8. The third-order valence-corrected chi connectivity index (χ3v) is 2.57. The molecule has 20 heavy (non-hydrogen) atoms. The van der Waals surface area contributed by atoms with Crippen molar-refractivity contribution in [2.75, 3.05) is 19.0 Å². The van der Waals surface area contributed by atoms with Crippen molar-refractivity contribution in [2.45, 2.75) is 13.5 Å². The van der Waals surface area contributed by atoms with Crippen LogP contribution in [0.1, 0.15) is 5.69 Å². The molecule has 2 aromatic heterocycles. The lowest BCUT2D eigenvalue weighted by Crippen LogP contribution is -2.30. The molecule has 0 spiro atoms. The molecule has 0 radical (unpaired) electrons. The molecule has 106 valence electrons. The summed E-state index contributed by atoms with van der Waals surface area (Å²) in [5.74, 6) is 0.903. The summed E-state index contributed by atoms with van der Waals surface area (Å²) in [5.41, 5.74) is -0.0754. The summed E-state index contributed by atoms with van der Waals surface area (Å²) in [6, 6.07) is 3.02. The molecule has 0 amide bonds. The van der Waals surface area contributed by atoms with Crippen LogP contribution in [0.3, 0.4) is 0 Å². The average molecular weight is 277 g/mol. The first-order valence-electron chi connectivity index (χ1n) is 6.02. The molecule has 8 heteroatoms. The van der Waals surface area contributed by atoms with Crippen LogP contribution in [-0.2, 0) is 6.54 Å². The molecule has 0 unspecified atom stereocenters. The van der Waals surface area contributed by atoms with Gasteiger partial charge in [0.15, 0.2) is 0 Å². The SMILES string of the molecule is COc1cc(C)nc(NCCn2ccc(=O)[nH]c2=O)n1. The largest absolute Gasteiger partial charge is 0.481 e. The fraction of sp³-hybridized carbons (Fsp3) is 0.333. The number of aromatic amines is 1. The zero-order valence-electron chi connectivity index (χ0n) is 11.2. The number of aryl methyl sites for hydroxylation is 1. The van der Waals surface area contributed by atoms with E-state index >= 15 is 0 Å². The predicted molar refractivity (Wildman–Crippen MR) is 73.1 cm³/mol. The Balaban J connectivity index is 2.01. The quantitative estimate of drug-likeness (QED) is 0.781. The van der Waals surface area contributed by atoms with Crippen LogP contribution in [-0.4, -0.2) is 33.2 Å². The Kier molecular flexibility index (Phi) is 4.14. The minimum Gasteiger partial charge on any atom is -0.481 e. The van der Waals surface area contributed by atoms with Gasteiger partial charge in [-0.25, -0.2) is 9.78 Å². The van der Waals surface area contributed by atoms with E-state index in [1.54, 1.807) is 6.07 Å². The van der Waals surface area contributed by atoms with Gasteiger partial charge in [0.05, 0.1) is 7.11 Å². The van der Waals surface area contributed by atoms with E-state index in [1.807, 2.05) is 6.92 Å². The van der Waals surface area contributed by atoms with Gasteiger partial charge >= 0.3 is 5.69 Å². The van der Waals surface area contributed by atoms with Crippen LogP contribution < -0.4 is 21.3 Å². The second-order valence-electron chi connectivity index (χ2n) is 4.11. The zero-order valence-corrected chi connectivity index (χ0v) is 11.2. The van der Waals surface area contributed by atoms with Gasteiger partial charge in [0.25, 0.3) is 5.56 Å². The number of ether oxygens (including phenoxy) is 1. The lowest BCUT2D eigenvalue weighted by molar-refractivity contribution is 0.397. The Morgan fingerprint density at radius 3 is 2.90 bits per heavy atom. The van der Waals surface area contributed by atoms with Gasteiger partial charge in [0.2, 0.25) is 11.8 Å². The molecule has 0 aliphatic rings. The van der Waals surface area contributed by atoms with Gasteiger partial charge in [-0.15, -0.1) is 0 Å². The third kappa shape index (κ3) is 3.44. The second-order valence-corrected chi connectivity index (χ2v) is 4.11. The average Bonchev–Trinajstić information content (AvgIpc) is 2.40. The summed E-state index contributed by atoms with van der Waals surface area (Å²) in [4.78, 5) is 32.9. The predicted octanol–water partition coefficient (Wildman–Crippen LogP) is -0.244. The van der Waals surface area contributed by atoms with Crippen molar-refractivity contribution < 1.29 is 4.74 Å². The monoisotopic (exact) mass is 277 g/mol. The van der Waals surface area contributed by atoms with Crippen molar-refractivity contribution in [3.05, 3.63) is 44.9 Å². The Labute approximate surface area is 114 Å². The third-order valence-electron chi connectivity index (χ3n) is 2.57. The van der Waals surface area contributed by atoms with E-state index in [0.717, 1.165) is 5.69 Å². The molecule has 2 N–H and O–H groups in total. The van der Waals surface area contributed by atoms with Gasteiger partial charge in [-0.1, -0.05) is 0 Å². The number of nitrogens with one attached hydrogen (secondary N) is 2. The molecular weight excluding hydrogens is 262 g/mol. The van der Waals surface area contributed by atoms with E-state index < -0.39 is 11.2 Å². The highest BCUT2D eigenvalue weighted by Gasteiger charge is 2.02. The summed E-state index contributed by atoms with van der Waals surface area (Å²) in [6.45, 7) is 2.66. The van der Waals surface area contributed by atoms with Crippen LogP contribution in [0.4, 0.5) is 5.95 Å². The van der Waals surface area contributed by atoms with E-state index in [2.05, 4.69) is 20.3 Å². The maximum atomic E-state index is 11.5. The van der Waals surface area contributed by atoms with Gasteiger partial charge in [-0.3, -0.25) is 14.3 Å². The smallest absolute Gasteiger partial charge is 0.328 e. The highest BCUT2D eigenvalue weighted by atomic mass is 16.5. The summed E-state index contributed by atoms with van der Waals surface area (Å²) in [5, 5.41) is 3.00. The highest BCUT2D eigenvalue weighted by Crippen LogP contribution is 2.10. The Hall–Kier alpha value is -2.64. The summed E-state index contributed by atoms with van der Waals surface area (Å²) in [7, 11) is 1.53. The van der Waals surface area contributed by atoms with Gasteiger partial charge in [-0.2, -0.15) is 4.98 Å². The summed E-state index contributed by atoms with van der Waals surface area (Å²) >= 11 is 0. The van der Waals surface area contributed by atoms with Crippen LogP contribution in [0.15, 0.2) is 27.9 Å². The van der Waals surface area contributed by atoms with E-state index in [4.69, 9.17) is 4.74 Å². The van der Waals surface area contributed by atoms with Gasteiger partial charge in [0, 0.05) is 37.1 Å². The van der Waals surface area contributed by atoms with E-state index in [0.29, 0.717) is 24.9 Å². The molecule has 0 fully saturated rings. The van der Waals surface area contributed by atoms with Crippen molar-refractivity contribution in [2.24, 2.45) is 0 Å². The normalized spacial score (nSPS) is 10.3. The molecule has 0 aromatic carbocycles. The fourth-order valence-electron chi connectivity index (χ4n) is 1.63. The number of hydrogen-bond acceptors (Lipinski definition) is 6. The van der Waals surface area contributed by atoms with Gasteiger partial charge in [0.1, 0.15) is 0 Å². The standard InChI is InChI=1S/C12H15N5O3/c1-8-7-10(20-2)16-11(14-8)13-4-6-17-5-3-9(18)15-12(17)19/h3,5,7H,4,6H2,1-2H3,(H,13,14,16)(H,15,18,19). The molecule has 0 saturated carbocycles. The summed E-state index contributed by atoms with van der Waals surface area (Å²) < 4.78 is 6.44. The van der Waals surface area contributed by atoms with Crippen molar-refractivity contribution >= 4 is 5.95 Å². The van der Waals surface area contributed by atoms with E-state index in [9.17, 15) is 9.59 Å². The molecular formula is C12H15N5O3. The highest BCUT2D eigenvalue weighted by molar-refractivity contribution is 5.30. The van der Waals surface area contributed by atoms with Crippen LogP contribution >= 0.6 is 0 Å². The molecule has 2 rings (SSSR count). The van der Waals surface area contributed by atoms with Crippen molar-refractivity contribution in [3.8, 4) is 5.88 Å². The molecule has 0 atom stereocenters. The molecule has 0 aliphatic heterocycles. The molecule has 0 saturated heterocycles. The van der Waals surface area contributed by atoms with Crippen LogP contribution in [0, 0.1) is 6.92 Å². The number of methoxy groups -OCH3 is 1. The second kappa shape index (κ2) is 6.00. The Morgan fingerprint density at radius 1 is 1.40 bits per heavy atom. The van der Waals surface area contributed by atoms with Crippen LogP contribution in [0.25, 0.3) is 0 Å². The topological polar surface area (TPSA) is 102 Å². The molecule has 2 heterocycles. The van der Waals surface area contributed by atoms with Crippen molar-refractivity contribution in [1.29, 1.82) is 0 Å². The minimum absolute atomic E-state index is 0.384. The van der Waals surface area contributed by atoms with Crippen LogP contribution in [0.2, 0.25) is 0 Å².